The number of primary amides is 1. The summed E-state index contributed by atoms with van der Waals surface area (Å²) in [5.74, 6) is 0.546. The summed E-state index contributed by atoms with van der Waals surface area (Å²) >= 11 is 0. The van der Waals surface area contributed by atoms with Gasteiger partial charge in [-0.3, -0.25) is 4.79 Å². The molecule has 166 valence electrons. The van der Waals surface area contributed by atoms with Crippen molar-refractivity contribution in [2.45, 2.75) is 19.5 Å². The van der Waals surface area contributed by atoms with Crippen LogP contribution in [0.2, 0.25) is 0 Å². The summed E-state index contributed by atoms with van der Waals surface area (Å²) in [6.45, 7) is 0.219. The minimum absolute atomic E-state index is 0.0681. The van der Waals surface area contributed by atoms with Crippen LogP contribution in [0.1, 0.15) is 16.2 Å². The Bertz CT molecular complexity index is 1140. The Morgan fingerprint density at radius 1 is 1.12 bits per heavy atom. The predicted molar refractivity (Wildman–Crippen MR) is 111 cm³/mol. The molecule has 2 aromatic carbocycles. The largest absolute Gasteiger partial charge is 0.485 e. The zero-order valence-corrected chi connectivity index (χ0v) is 16.9. The van der Waals surface area contributed by atoms with Crippen LogP contribution in [0.25, 0.3) is 11.4 Å². The standard InChI is InChI=1S/C21H20F2N6O3/c22-17(23)12-32-16-10-14(19(24)30)6-7-15(16)25-21(31)28-8-9-29-18(11-28)26-27-20(29)13-4-2-1-3-5-13/h1-7,10,17H,8-9,11-12H2,(H2,24,30)(H,25,31). The summed E-state index contributed by atoms with van der Waals surface area (Å²) in [6, 6.07) is 13.1. The van der Waals surface area contributed by atoms with Crippen molar-refractivity contribution in [2.75, 3.05) is 18.5 Å². The highest BCUT2D eigenvalue weighted by molar-refractivity contribution is 5.96. The molecule has 3 aromatic rings. The second kappa shape index (κ2) is 9.00. The molecule has 2 heterocycles. The zero-order valence-electron chi connectivity index (χ0n) is 16.9. The minimum Gasteiger partial charge on any atom is -0.485 e. The third kappa shape index (κ3) is 4.51. The van der Waals surface area contributed by atoms with Gasteiger partial charge in [0.15, 0.2) is 11.6 Å². The lowest BCUT2D eigenvalue weighted by atomic mass is 10.2. The second-order valence-electron chi connectivity index (χ2n) is 7.09. The highest BCUT2D eigenvalue weighted by atomic mass is 19.3. The van der Waals surface area contributed by atoms with Crippen molar-refractivity contribution >= 4 is 17.6 Å². The van der Waals surface area contributed by atoms with Crippen molar-refractivity contribution in [2.24, 2.45) is 5.73 Å². The monoisotopic (exact) mass is 442 g/mol. The van der Waals surface area contributed by atoms with Crippen LogP contribution in [-0.2, 0) is 13.1 Å². The van der Waals surface area contributed by atoms with Crippen molar-refractivity contribution in [1.82, 2.24) is 19.7 Å². The van der Waals surface area contributed by atoms with Gasteiger partial charge in [0.1, 0.15) is 12.4 Å². The average molecular weight is 442 g/mol. The molecule has 4 rings (SSSR count). The van der Waals surface area contributed by atoms with Crippen LogP contribution in [0.5, 0.6) is 5.75 Å². The van der Waals surface area contributed by atoms with E-state index in [1.54, 1.807) is 0 Å². The van der Waals surface area contributed by atoms with Crippen molar-refractivity contribution < 1.29 is 23.1 Å². The van der Waals surface area contributed by atoms with Crippen LogP contribution in [-0.4, -0.2) is 51.2 Å². The Morgan fingerprint density at radius 3 is 2.62 bits per heavy atom. The molecule has 32 heavy (non-hydrogen) atoms. The number of halogens is 2. The fourth-order valence-corrected chi connectivity index (χ4v) is 3.38. The normalized spacial score (nSPS) is 13.0. The number of hydrogen-bond acceptors (Lipinski definition) is 5. The van der Waals surface area contributed by atoms with Gasteiger partial charge in [-0.25, -0.2) is 13.6 Å². The third-order valence-corrected chi connectivity index (χ3v) is 4.94. The molecule has 1 aromatic heterocycles. The number of hydrogen-bond donors (Lipinski definition) is 2. The Morgan fingerprint density at radius 2 is 1.91 bits per heavy atom. The maximum atomic E-state index is 12.8. The Kier molecular flexibility index (Phi) is 5.97. The van der Waals surface area contributed by atoms with E-state index in [9.17, 15) is 18.4 Å². The quantitative estimate of drug-likeness (QED) is 0.609. The maximum Gasteiger partial charge on any atom is 0.322 e. The first kappa shape index (κ1) is 21.2. The molecule has 0 spiro atoms. The number of benzene rings is 2. The highest BCUT2D eigenvalue weighted by Gasteiger charge is 2.26. The lowest BCUT2D eigenvalue weighted by molar-refractivity contribution is 0.0822. The predicted octanol–water partition coefficient (Wildman–Crippen LogP) is 2.74. The molecule has 0 saturated heterocycles. The lowest BCUT2D eigenvalue weighted by Gasteiger charge is -2.28. The highest BCUT2D eigenvalue weighted by Crippen LogP contribution is 2.28. The second-order valence-corrected chi connectivity index (χ2v) is 7.09. The van der Waals surface area contributed by atoms with Gasteiger partial charge in [-0.05, 0) is 18.2 Å². The maximum absolute atomic E-state index is 12.8. The third-order valence-electron chi connectivity index (χ3n) is 4.94. The number of anilines is 1. The van der Waals surface area contributed by atoms with E-state index in [4.69, 9.17) is 10.5 Å². The van der Waals surface area contributed by atoms with Crippen LogP contribution in [0, 0.1) is 0 Å². The zero-order chi connectivity index (χ0) is 22.7. The first-order chi connectivity index (χ1) is 15.4. The Balaban J connectivity index is 1.49. The van der Waals surface area contributed by atoms with Gasteiger partial charge in [-0.15, -0.1) is 10.2 Å². The topological polar surface area (TPSA) is 115 Å². The summed E-state index contributed by atoms with van der Waals surface area (Å²) in [6.07, 6.45) is -2.72. The summed E-state index contributed by atoms with van der Waals surface area (Å²) < 4.78 is 32.2. The first-order valence-corrected chi connectivity index (χ1v) is 9.80. The molecular formula is C21H20F2N6O3. The van der Waals surface area contributed by atoms with Gasteiger partial charge in [-0.2, -0.15) is 0 Å². The van der Waals surface area contributed by atoms with Crippen LogP contribution in [0.15, 0.2) is 48.5 Å². The molecule has 0 radical (unpaired) electrons. The molecule has 1 aliphatic rings. The molecule has 0 fully saturated rings. The van der Waals surface area contributed by atoms with Crippen LogP contribution in [0.3, 0.4) is 0 Å². The van der Waals surface area contributed by atoms with Gasteiger partial charge in [0.25, 0.3) is 6.43 Å². The number of urea groups is 1. The number of nitrogens with zero attached hydrogens (tertiary/aromatic N) is 4. The summed E-state index contributed by atoms with van der Waals surface area (Å²) in [4.78, 5) is 25.8. The van der Waals surface area contributed by atoms with Gasteiger partial charge in [0, 0.05) is 24.2 Å². The van der Waals surface area contributed by atoms with E-state index in [0.717, 1.165) is 11.4 Å². The molecule has 3 N–H and O–H groups in total. The molecule has 1 aliphatic heterocycles. The number of alkyl halides is 2. The van der Waals surface area contributed by atoms with E-state index in [2.05, 4.69) is 15.5 Å². The van der Waals surface area contributed by atoms with Crippen LogP contribution >= 0.6 is 0 Å². The van der Waals surface area contributed by atoms with Crippen LogP contribution in [0.4, 0.5) is 19.3 Å². The Labute approximate surface area is 181 Å². The van der Waals surface area contributed by atoms with Gasteiger partial charge >= 0.3 is 6.03 Å². The van der Waals surface area contributed by atoms with Crippen molar-refractivity contribution in [1.29, 1.82) is 0 Å². The smallest absolute Gasteiger partial charge is 0.322 e. The molecule has 9 nitrogen and oxygen atoms in total. The van der Waals surface area contributed by atoms with Crippen LogP contribution < -0.4 is 15.8 Å². The van der Waals surface area contributed by atoms with E-state index < -0.39 is 25.0 Å². The fourth-order valence-electron chi connectivity index (χ4n) is 3.38. The molecule has 11 heteroatoms. The number of nitrogens with one attached hydrogen (secondary N) is 1. The van der Waals surface area contributed by atoms with Crippen molar-refractivity contribution in [3.05, 3.63) is 59.9 Å². The van der Waals surface area contributed by atoms with Gasteiger partial charge < -0.3 is 25.3 Å². The Hall–Kier alpha value is -4.02. The number of nitrogens with two attached hydrogens (primary N) is 1. The van der Waals surface area contributed by atoms with E-state index >= 15 is 0 Å². The molecule has 0 unspecified atom stereocenters. The molecule has 0 aliphatic carbocycles. The lowest BCUT2D eigenvalue weighted by Crippen LogP contribution is -2.41. The van der Waals surface area contributed by atoms with E-state index in [-0.39, 0.29) is 23.5 Å². The van der Waals surface area contributed by atoms with Gasteiger partial charge in [0.2, 0.25) is 5.91 Å². The SMILES string of the molecule is NC(=O)c1ccc(NC(=O)N2CCn3c(nnc3-c3ccccc3)C2)c(OCC(F)F)c1. The first-order valence-electron chi connectivity index (χ1n) is 9.80. The number of fused-ring (bicyclic) bond motifs is 1. The number of ether oxygens (including phenoxy) is 1. The van der Waals surface area contributed by atoms with E-state index in [1.807, 2.05) is 34.9 Å². The minimum atomic E-state index is -2.72. The molecular weight excluding hydrogens is 422 g/mol. The summed E-state index contributed by atoms with van der Waals surface area (Å²) in [5, 5.41) is 11.1. The molecule has 0 bridgehead atoms. The molecule has 0 atom stereocenters. The number of aromatic nitrogens is 3. The van der Waals surface area contributed by atoms with E-state index in [1.165, 1.54) is 23.1 Å². The van der Waals surface area contributed by atoms with Crippen molar-refractivity contribution in [3.63, 3.8) is 0 Å². The number of carbonyl (C=O) groups is 2. The summed E-state index contributed by atoms with van der Waals surface area (Å²) in [7, 11) is 0. The van der Waals surface area contributed by atoms with Gasteiger partial charge in [0.05, 0.1) is 12.2 Å². The van der Waals surface area contributed by atoms with E-state index in [0.29, 0.717) is 18.9 Å². The fraction of sp³-hybridized carbons (Fsp3) is 0.238. The van der Waals surface area contributed by atoms with Crippen molar-refractivity contribution in [3.8, 4) is 17.1 Å². The average Bonchev–Trinajstić information content (AvgIpc) is 3.22. The summed E-state index contributed by atoms with van der Waals surface area (Å²) in [5.41, 5.74) is 6.40. The van der Waals surface area contributed by atoms with Gasteiger partial charge in [-0.1, -0.05) is 30.3 Å². The number of amides is 3. The molecule has 3 amide bonds. The number of carbonyl (C=O) groups excluding carboxylic acids is 2. The number of rotatable bonds is 6. The molecule has 0 saturated carbocycles.